The number of hydrogen-bond donors (Lipinski definition) is 0. The Kier molecular flexibility index (Phi) is 2.01. The highest BCUT2D eigenvalue weighted by molar-refractivity contribution is 5.53. The lowest BCUT2D eigenvalue weighted by molar-refractivity contribution is -0.284. The SMILES string of the molecule is Cc1cc2nc(-c3ccccn3)nc([O-])n2n1. The van der Waals surface area contributed by atoms with Crippen LogP contribution < -0.4 is 5.11 Å². The molecule has 0 aromatic carbocycles. The average molecular weight is 226 g/mol. The maximum absolute atomic E-state index is 11.7. The zero-order valence-corrected chi connectivity index (χ0v) is 9.03. The summed E-state index contributed by atoms with van der Waals surface area (Å²) < 4.78 is 1.18. The molecule has 0 radical (unpaired) electrons. The van der Waals surface area contributed by atoms with Crippen LogP contribution in [0.2, 0.25) is 0 Å². The first-order valence-corrected chi connectivity index (χ1v) is 5.07. The molecule has 3 aromatic heterocycles. The van der Waals surface area contributed by atoms with Gasteiger partial charge in [-0.1, -0.05) is 6.07 Å². The first-order valence-electron chi connectivity index (χ1n) is 5.07. The number of hydrogen-bond acceptors (Lipinski definition) is 5. The van der Waals surface area contributed by atoms with Crippen LogP contribution in [0.25, 0.3) is 17.2 Å². The number of fused-ring (bicyclic) bond motifs is 1. The molecule has 84 valence electrons. The third-order valence-electron chi connectivity index (χ3n) is 2.31. The van der Waals surface area contributed by atoms with Gasteiger partial charge in [0.25, 0.3) is 0 Å². The normalized spacial score (nSPS) is 10.9. The van der Waals surface area contributed by atoms with E-state index < -0.39 is 6.01 Å². The van der Waals surface area contributed by atoms with Crippen LogP contribution in [0.15, 0.2) is 30.5 Å². The van der Waals surface area contributed by atoms with Crippen molar-refractivity contribution in [3.8, 4) is 17.5 Å². The molecule has 0 aliphatic rings. The molecule has 0 spiro atoms. The Hall–Kier alpha value is -2.50. The first kappa shape index (κ1) is 9.71. The second-order valence-corrected chi connectivity index (χ2v) is 3.60. The lowest BCUT2D eigenvalue weighted by Gasteiger charge is -2.08. The summed E-state index contributed by atoms with van der Waals surface area (Å²) in [7, 11) is 0. The fraction of sp³-hybridized carbons (Fsp3) is 0.0909. The Labute approximate surface area is 96.6 Å². The van der Waals surface area contributed by atoms with Crippen LogP contribution in [0.4, 0.5) is 0 Å². The highest BCUT2D eigenvalue weighted by Crippen LogP contribution is 2.15. The monoisotopic (exact) mass is 226 g/mol. The molecular weight excluding hydrogens is 218 g/mol. The van der Waals surface area contributed by atoms with E-state index in [1.807, 2.05) is 6.07 Å². The fourth-order valence-corrected chi connectivity index (χ4v) is 1.59. The highest BCUT2D eigenvalue weighted by atomic mass is 16.3. The highest BCUT2D eigenvalue weighted by Gasteiger charge is 2.06. The van der Waals surface area contributed by atoms with Crippen molar-refractivity contribution >= 4 is 5.65 Å². The minimum Gasteiger partial charge on any atom is -0.844 e. The van der Waals surface area contributed by atoms with Crippen LogP contribution in [0.5, 0.6) is 6.01 Å². The van der Waals surface area contributed by atoms with Gasteiger partial charge in [0, 0.05) is 12.3 Å². The van der Waals surface area contributed by atoms with Crippen molar-refractivity contribution in [3.05, 3.63) is 36.2 Å². The Bertz CT molecular complexity index is 677. The van der Waals surface area contributed by atoms with Crippen LogP contribution >= 0.6 is 0 Å². The van der Waals surface area contributed by atoms with Crippen LogP contribution in [0.1, 0.15) is 5.69 Å². The fourth-order valence-electron chi connectivity index (χ4n) is 1.59. The van der Waals surface area contributed by atoms with Gasteiger partial charge in [-0.05, 0) is 19.1 Å². The standard InChI is InChI=1S/C11H9N5O/c1-7-6-9-13-10(8-4-2-3-5-12-8)14-11(17)16(9)15-7/h2-6H,1H3,(H,13,14,17)/p-1. The van der Waals surface area contributed by atoms with E-state index in [9.17, 15) is 5.11 Å². The van der Waals surface area contributed by atoms with Crippen molar-refractivity contribution in [1.29, 1.82) is 0 Å². The average Bonchev–Trinajstić information content (AvgIpc) is 2.71. The van der Waals surface area contributed by atoms with Crippen LogP contribution in [0, 0.1) is 6.92 Å². The maximum atomic E-state index is 11.7. The van der Waals surface area contributed by atoms with Gasteiger partial charge in [0.2, 0.25) is 0 Å². The molecule has 6 heteroatoms. The minimum absolute atomic E-state index is 0.322. The zero-order valence-electron chi connectivity index (χ0n) is 9.03. The van der Waals surface area contributed by atoms with Crippen LogP contribution in [-0.2, 0) is 0 Å². The van der Waals surface area contributed by atoms with Gasteiger partial charge in [0.1, 0.15) is 5.69 Å². The molecule has 0 fully saturated rings. The molecule has 3 heterocycles. The Balaban J connectivity index is 2.25. The van der Waals surface area contributed by atoms with Gasteiger partial charge in [0.05, 0.1) is 11.7 Å². The van der Waals surface area contributed by atoms with E-state index in [4.69, 9.17) is 0 Å². The van der Waals surface area contributed by atoms with E-state index in [0.717, 1.165) is 5.69 Å². The lowest BCUT2D eigenvalue weighted by atomic mass is 10.3. The van der Waals surface area contributed by atoms with Crippen molar-refractivity contribution in [2.45, 2.75) is 6.92 Å². The van der Waals surface area contributed by atoms with Crippen molar-refractivity contribution in [2.24, 2.45) is 0 Å². The number of pyridine rings is 1. The summed E-state index contributed by atoms with van der Waals surface area (Å²) in [6.07, 6.45) is 1.63. The van der Waals surface area contributed by atoms with E-state index in [0.29, 0.717) is 17.2 Å². The molecule has 0 amide bonds. The van der Waals surface area contributed by atoms with Gasteiger partial charge in [-0.3, -0.25) is 4.98 Å². The maximum Gasteiger partial charge on any atom is 0.181 e. The second kappa shape index (κ2) is 3.51. The Morgan fingerprint density at radius 1 is 1.24 bits per heavy atom. The summed E-state index contributed by atoms with van der Waals surface area (Å²) in [5, 5.41) is 15.7. The Morgan fingerprint density at radius 2 is 2.12 bits per heavy atom. The smallest absolute Gasteiger partial charge is 0.181 e. The first-order chi connectivity index (χ1) is 8.24. The predicted octanol–water partition coefficient (Wildman–Crippen LogP) is 0.568. The van der Waals surface area contributed by atoms with E-state index in [1.54, 1.807) is 31.3 Å². The van der Waals surface area contributed by atoms with Gasteiger partial charge in [-0.2, -0.15) is 5.10 Å². The quantitative estimate of drug-likeness (QED) is 0.606. The predicted molar refractivity (Wildman–Crippen MR) is 58.2 cm³/mol. The van der Waals surface area contributed by atoms with Gasteiger partial charge < -0.3 is 5.11 Å². The van der Waals surface area contributed by atoms with Crippen LogP contribution in [0.3, 0.4) is 0 Å². The van der Waals surface area contributed by atoms with E-state index in [1.165, 1.54) is 4.52 Å². The number of aryl methyl sites for hydroxylation is 1. The summed E-state index contributed by atoms with van der Waals surface area (Å²) in [4.78, 5) is 12.2. The molecular formula is C11H8N5O-. The van der Waals surface area contributed by atoms with Crippen molar-refractivity contribution in [1.82, 2.24) is 24.6 Å². The van der Waals surface area contributed by atoms with Crippen LogP contribution in [-0.4, -0.2) is 24.6 Å². The molecule has 3 aromatic rings. The number of rotatable bonds is 1. The largest absolute Gasteiger partial charge is 0.844 e. The molecule has 0 atom stereocenters. The summed E-state index contributed by atoms with van der Waals surface area (Å²) in [5.41, 5.74) is 1.80. The molecule has 0 unspecified atom stereocenters. The summed E-state index contributed by atoms with van der Waals surface area (Å²) in [5.74, 6) is 0.322. The number of aromatic nitrogens is 5. The van der Waals surface area contributed by atoms with Gasteiger partial charge in [-0.25, -0.2) is 14.5 Å². The lowest BCUT2D eigenvalue weighted by Crippen LogP contribution is -2.07. The zero-order chi connectivity index (χ0) is 11.8. The molecule has 17 heavy (non-hydrogen) atoms. The molecule has 6 nitrogen and oxygen atoms in total. The Morgan fingerprint density at radius 3 is 2.88 bits per heavy atom. The van der Waals surface area contributed by atoms with Crippen molar-refractivity contribution in [3.63, 3.8) is 0 Å². The summed E-state index contributed by atoms with van der Waals surface area (Å²) >= 11 is 0. The van der Waals surface area contributed by atoms with Crippen molar-refractivity contribution < 1.29 is 5.11 Å². The van der Waals surface area contributed by atoms with Crippen molar-refractivity contribution in [2.75, 3.05) is 0 Å². The molecule has 0 saturated heterocycles. The topological polar surface area (TPSA) is 79.0 Å². The van der Waals surface area contributed by atoms with Gasteiger partial charge in [-0.15, -0.1) is 0 Å². The second-order valence-electron chi connectivity index (χ2n) is 3.60. The number of nitrogens with zero attached hydrogens (tertiary/aromatic N) is 5. The molecule has 0 N–H and O–H groups in total. The van der Waals surface area contributed by atoms with Gasteiger partial charge in [0.15, 0.2) is 11.5 Å². The molecule has 0 aliphatic carbocycles. The molecule has 3 rings (SSSR count). The van der Waals surface area contributed by atoms with E-state index in [2.05, 4.69) is 20.1 Å². The van der Waals surface area contributed by atoms with E-state index >= 15 is 0 Å². The summed E-state index contributed by atoms with van der Waals surface area (Å²) in [6, 6.07) is 6.67. The van der Waals surface area contributed by atoms with Gasteiger partial charge >= 0.3 is 0 Å². The molecule has 0 saturated carbocycles. The summed E-state index contributed by atoms with van der Waals surface area (Å²) in [6.45, 7) is 1.80. The minimum atomic E-state index is -0.441. The molecule has 0 aliphatic heterocycles. The third kappa shape index (κ3) is 1.59. The third-order valence-corrected chi connectivity index (χ3v) is 2.31. The molecule has 0 bridgehead atoms. The van der Waals surface area contributed by atoms with E-state index in [-0.39, 0.29) is 0 Å².